The number of anilines is 1. The van der Waals surface area contributed by atoms with E-state index in [4.69, 9.17) is 5.26 Å². The molecule has 162 valence electrons. The van der Waals surface area contributed by atoms with Gasteiger partial charge in [0.25, 0.3) is 0 Å². The number of aromatic nitrogens is 6. The van der Waals surface area contributed by atoms with Crippen LogP contribution < -0.4 is 9.64 Å². The summed E-state index contributed by atoms with van der Waals surface area (Å²) in [5.41, 5.74) is 0.688. The van der Waals surface area contributed by atoms with Crippen molar-refractivity contribution in [1.82, 2.24) is 29.7 Å². The van der Waals surface area contributed by atoms with Crippen molar-refractivity contribution in [2.75, 3.05) is 11.9 Å². The zero-order valence-electron chi connectivity index (χ0n) is 16.8. The van der Waals surface area contributed by atoms with E-state index in [1.807, 2.05) is 17.9 Å². The van der Waals surface area contributed by atoms with Crippen LogP contribution >= 0.6 is 15.9 Å². The molecule has 0 bridgehead atoms. The SMILES string of the molecule is CC(c1ncnn1-c1ccc(C#N)cn1)N(C)c1ncnc2c(OC(F)F)cc(Br)cc12. The second-order valence-electron chi connectivity index (χ2n) is 6.71. The van der Waals surface area contributed by atoms with Gasteiger partial charge >= 0.3 is 6.61 Å². The standard InChI is InChI=1S/C20H15BrF2N8O/c1-11(18-28-10-29-31(18)16-4-3-12(7-24)8-25-16)30(2)19-14-5-13(21)6-15(32-20(22)23)17(14)26-9-27-19/h3-6,8-11,20H,1-2H3. The summed E-state index contributed by atoms with van der Waals surface area (Å²) >= 11 is 3.33. The van der Waals surface area contributed by atoms with Gasteiger partial charge in [0, 0.05) is 23.1 Å². The van der Waals surface area contributed by atoms with Gasteiger partial charge in [0.2, 0.25) is 0 Å². The molecule has 0 saturated carbocycles. The fourth-order valence-electron chi connectivity index (χ4n) is 3.20. The average Bonchev–Trinajstić information content (AvgIpc) is 3.27. The molecular formula is C20H15BrF2N8O. The van der Waals surface area contributed by atoms with Gasteiger partial charge in [-0.2, -0.15) is 23.8 Å². The second-order valence-corrected chi connectivity index (χ2v) is 7.63. The summed E-state index contributed by atoms with van der Waals surface area (Å²) in [5.74, 6) is 1.50. The van der Waals surface area contributed by atoms with E-state index < -0.39 is 6.61 Å². The lowest BCUT2D eigenvalue weighted by atomic mass is 10.2. The Balaban J connectivity index is 1.74. The van der Waals surface area contributed by atoms with Gasteiger partial charge in [-0.1, -0.05) is 15.9 Å². The van der Waals surface area contributed by atoms with E-state index >= 15 is 0 Å². The first-order valence-electron chi connectivity index (χ1n) is 9.27. The van der Waals surface area contributed by atoms with Crippen LogP contribution in [0.15, 0.2) is 47.6 Å². The molecule has 1 unspecified atom stereocenters. The van der Waals surface area contributed by atoms with Gasteiger partial charge in [0.15, 0.2) is 17.4 Å². The monoisotopic (exact) mass is 500 g/mol. The summed E-state index contributed by atoms with van der Waals surface area (Å²) in [6, 6.07) is 8.17. The number of hydrogen-bond acceptors (Lipinski definition) is 8. The molecule has 0 radical (unpaired) electrons. The van der Waals surface area contributed by atoms with Gasteiger partial charge in [0.05, 0.1) is 11.6 Å². The molecule has 0 saturated heterocycles. The molecule has 3 aromatic heterocycles. The lowest BCUT2D eigenvalue weighted by Crippen LogP contribution is -2.26. The molecule has 12 heteroatoms. The maximum absolute atomic E-state index is 12.9. The Morgan fingerprint density at radius 3 is 2.66 bits per heavy atom. The molecular weight excluding hydrogens is 486 g/mol. The number of rotatable bonds is 6. The van der Waals surface area contributed by atoms with Gasteiger partial charge in [-0.25, -0.2) is 19.9 Å². The van der Waals surface area contributed by atoms with Crippen molar-refractivity contribution in [2.24, 2.45) is 0 Å². The van der Waals surface area contributed by atoms with E-state index in [0.29, 0.717) is 32.9 Å². The molecule has 0 spiro atoms. The number of fused-ring (bicyclic) bond motifs is 1. The molecule has 32 heavy (non-hydrogen) atoms. The van der Waals surface area contributed by atoms with Crippen LogP contribution in [-0.2, 0) is 0 Å². The number of nitriles is 1. The molecule has 4 rings (SSSR count). The summed E-state index contributed by atoms with van der Waals surface area (Å²) in [6.07, 6.45) is 4.15. The smallest absolute Gasteiger partial charge is 0.387 e. The summed E-state index contributed by atoms with van der Waals surface area (Å²) < 4.78 is 32.5. The van der Waals surface area contributed by atoms with Crippen molar-refractivity contribution in [3.05, 3.63) is 59.0 Å². The van der Waals surface area contributed by atoms with Crippen LogP contribution in [0.5, 0.6) is 5.75 Å². The number of hydrogen-bond donors (Lipinski definition) is 0. The Morgan fingerprint density at radius 2 is 1.97 bits per heavy atom. The van der Waals surface area contributed by atoms with Crippen molar-refractivity contribution < 1.29 is 13.5 Å². The van der Waals surface area contributed by atoms with E-state index in [1.54, 1.807) is 29.9 Å². The molecule has 0 aliphatic heterocycles. The van der Waals surface area contributed by atoms with Crippen LogP contribution in [0.2, 0.25) is 0 Å². The highest BCUT2D eigenvalue weighted by atomic mass is 79.9. The van der Waals surface area contributed by atoms with Gasteiger partial charge < -0.3 is 9.64 Å². The summed E-state index contributed by atoms with van der Waals surface area (Å²) in [5, 5.41) is 13.8. The third kappa shape index (κ3) is 4.06. The van der Waals surface area contributed by atoms with Crippen molar-refractivity contribution in [3.8, 4) is 17.6 Å². The van der Waals surface area contributed by atoms with Crippen molar-refractivity contribution >= 4 is 32.7 Å². The minimum absolute atomic E-state index is 0.0565. The second kappa shape index (κ2) is 8.80. The predicted molar refractivity (Wildman–Crippen MR) is 115 cm³/mol. The quantitative estimate of drug-likeness (QED) is 0.390. The van der Waals surface area contributed by atoms with E-state index in [9.17, 15) is 8.78 Å². The van der Waals surface area contributed by atoms with Crippen LogP contribution in [-0.4, -0.2) is 43.4 Å². The van der Waals surface area contributed by atoms with Crippen molar-refractivity contribution in [1.29, 1.82) is 5.26 Å². The highest BCUT2D eigenvalue weighted by Gasteiger charge is 2.23. The van der Waals surface area contributed by atoms with Gasteiger partial charge in [0.1, 0.15) is 30.1 Å². The number of benzene rings is 1. The minimum Gasteiger partial charge on any atom is -0.432 e. The van der Waals surface area contributed by atoms with Crippen LogP contribution in [0.1, 0.15) is 24.4 Å². The average molecular weight is 501 g/mol. The zero-order chi connectivity index (χ0) is 22.8. The molecule has 0 aliphatic rings. The topological polar surface area (TPSA) is 106 Å². The third-order valence-electron chi connectivity index (χ3n) is 4.82. The Hall–Kier alpha value is -3.72. The maximum atomic E-state index is 12.9. The third-order valence-corrected chi connectivity index (χ3v) is 5.28. The summed E-state index contributed by atoms with van der Waals surface area (Å²) in [6.45, 7) is -1.09. The molecule has 0 N–H and O–H groups in total. The van der Waals surface area contributed by atoms with E-state index in [2.05, 4.69) is 45.7 Å². The minimum atomic E-state index is -2.99. The van der Waals surface area contributed by atoms with Crippen molar-refractivity contribution in [2.45, 2.75) is 19.6 Å². The highest BCUT2D eigenvalue weighted by molar-refractivity contribution is 9.10. The fourth-order valence-corrected chi connectivity index (χ4v) is 3.64. The lowest BCUT2D eigenvalue weighted by Gasteiger charge is -2.26. The lowest BCUT2D eigenvalue weighted by molar-refractivity contribution is -0.0489. The maximum Gasteiger partial charge on any atom is 0.387 e. The molecule has 0 fully saturated rings. The fraction of sp³-hybridized carbons (Fsp3) is 0.200. The normalized spacial score (nSPS) is 12.0. The molecule has 1 aromatic carbocycles. The van der Waals surface area contributed by atoms with Gasteiger partial charge in [-0.3, -0.25) is 0 Å². The van der Waals surface area contributed by atoms with E-state index in [0.717, 1.165) is 0 Å². The first kappa shape index (κ1) is 21.5. The number of pyridine rings is 1. The molecule has 0 amide bonds. The molecule has 4 aromatic rings. The van der Waals surface area contributed by atoms with E-state index in [1.165, 1.54) is 24.9 Å². The number of ether oxygens (including phenoxy) is 1. The van der Waals surface area contributed by atoms with E-state index in [-0.39, 0.29) is 17.3 Å². The van der Waals surface area contributed by atoms with Gasteiger partial charge in [-0.15, -0.1) is 0 Å². The molecule has 1 atom stereocenters. The Morgan fingerprint density at radius 1 is 1.16 bits per heavy atom. The highest BCUT2D eigenvalue weighted by Crippen LogP contribution is 2.36. The van der Waals surface area contributed by atoms with Crippen LogP contribution in [0.25, 0.3) is 16.7 Å². The molecule has 0 aliphatic carbocycles. The zero-order valence-corrected chi connectivity index (χ0v) is 18.4. The van der Waals surface area contributed by atoms with Gasteiger partial charge in [-0.05, 0) is 31.2 Å². The van der Waals surface area contributed by atoms with Crippen LogP contribution in [0.3, 0.4) is 0 Å². The number of alkyl halides is 2. The largest absolute Gasteiger partial charge is 0.432 e. The molecule has 9 nitrogen and oxygen atoms in total. The number of nitrogens with zero attached hydrogens (tertiary/aromatic N) is 8. The van der Waals surface area contributed by atoms with Crippen molar-refractivity contribution in [3.63, 3.8) is 0 Å². The predicted octanol–water partition coefficient (Wildman–Crippen LogP) is 4.04. The van der Waals surface area contributed by atoms with Crippen LogP contribution in [0, 0.1) is 11.3 Å². The summed E-state index contributed by atoms with van der Waals surface area (Å²) in [4.78, 5) is 19.0. The van der Waals surface area contributed by atoms with Crippen LogP contribution in [0.4, 0.5) is 14.6 Å². The Labute approximate surface area is 189 Å². The Bertz CT molecular complexity index is 1310. The first-order chi connectivity index (χ1) is 15.4. The number of halogens is 3. The Kier molecular flexibility index (Phi) is 5.91. The molecule has 3 heterocycles. The first-order valence-corrected chi connectivity index (χ1v) is 10.1. The summed E-state index contributed by atoms with van der Waals surface area (Å²) in [7, 11) is 1.80.